The molecule has 6 nitrogen and oxygen atoms in total. The molecular weight excluding hydrogens is 429 g/mol. The number of piperidine rings is 1. The first-order valence-corrected chi connectivity index (χ1v) is 9.58. The third-order valence-corrected chi connectivity index (χ3v) is 4.79. The Kier molecular flexibility index (Phi) is 13.3. The Morgan fingerprint density at radius 1 is 1.20 bits per heavy atom. The van der Waals surface area contributed by atoms with Crippen LogP contribution >= 0.6 is 24.0 Å². The lowest BCUT2D eigenvalue weighted by Gasteiger charge is -2.34. The van der Waals surface area contributed by atoms with Crippen LogP contribution in [0.2, 0.25) is 0 Å². The number of guanidine groups is 1. The summed E-state index contributed by atoms with van der Waals surface area (Å²) in [6, 6.07) is 0.532. The zero-order valence-electron chi connectivity index (χ0n) is 16.8. The van der Waals surface area contributed by atoms with Gasteiger partial charge in [0.2, 0.25) is 5.91 Å². The van der Waals surface area contributed by atoms with E-state index in [0.717, 1.165) is 38.7 Å². The van der Waals surface area contributed by atoms with Crippen molar-refractivity contribution in [2.75, 3.05) is 52.9 Å². The van der Waals surface area contributed by atoms with Crippen molar-refractivity contribution in [1.29, 1.82) is 0 Å². The topological polar surface area (TPSA) is 51.2 Å². The number of likely N-dealkylation sites (tertiary alicyclic amines) is 1. The molecule has 148 valence electrons. The molecule has 1 N–H and O–H groups in total. The van der Waals surface area contributed by atoms with Crippen LogP contribution in [0, 0.1) is 0 Å². The lowest BCUT2D eigenvalue weighted by molar-refractivity contribution is -0.131. The minimum atomic E-state index is 0. The molecule has 0 aromatic heterocycles. The van der Waals surface area contributed by atoms with Crippen molar-refractivity contribution in [2.24, 2.45) is 4.99 Å². The smallest absolute Gasteiger partial charge is 0.242 e. The number of likely N-dealkylation sites (N-methyl/N-ethyl adjacent to an activating group) is 3. The van der Waals surface area contributed by atoms with Crippen LogP contribution in [-0.4, -0.2) is 85.5 Å². The number of carbonyl (C=O) groups is 1. The first-order chi connectivity index (χ1) is 11.6. The second-order valence-corrected chi connectivity index (χ2v) is 6.39. The largest absolute Gasteiger partial charge is 0.357 e. The molecule has 0 aromatic carbocycles. The molecule has 1 heterocycles. The summed E-state index contributed by atoms with van der Waals surface area (Å²) in [6.45, 7) is 14.1. The van der Waals surface area contributed by atoms with Gasteiger partial charge in [0.1, 0.15) is 0 Å². The van der Waals surface area contributed by atoms with E-state index in [0.29, 0.717) is 12.6 Å². The monoisotopic (exact) mass is 467 g/mol. The zero-order chi connectivity index (χ0) is 17.9. The number of amides is 1. The predicted octanol–water partition coefficient (Wildman–Crippen LogP) is 2.24. The van der Waals surface area contributed by atoms with Crippen LogP contribution in [0.5, 0.6) is 0 Å². The molecule has 25 heavy (non-hydrogen) atoms. The second-order valence-electron chi connectivity index (χ2n) is 6.39. The summed E-state index contributed by atoms with van der Waals surface area (Å²) in [5.41, 5.74) is 0. The highest BCUT2D eigenvalue weighted by atomic mass is 127. The van der Waals surface area contributed by atoms with Crippen LogP contribution in [0.25, 0.3) is 0 Å². The molecule has 0 aromatic rings. The number of nitrogens with one attached hydrogen (secondary N) is 1. The summed E-state index contributed by atoms with van der Waals surface area (Å²) in [7, 11) is 1.95. The van der Waals surface area contributed by atoms with Crippen LogP contribution < -0.4 is 5.32 Å². The quantitative estimate of drug-likeness (QED) is 0.338. The fourth-order valence-electron chi connectivity index (χ4n) is 3.30. The Labute approximate surface area is 171 Å². The van der Waals surface area contributed by atoms with Gasteiger partial charge in [-0.1, -0.05) is 13.3 Å². The van der Waals surface area contributed by atoms with Crippen molar-refractivity contribution in [1.82, 2.24) is 20.0 Å². The third-order valence-electron chi connectivity index (χ3n) is 4.79. The summed E-state index contributed by atoms with van der Waals surface area (Å²) in [4.78, 5) is 23.5. The highest BCUT2D eigenvalue weighted by Crippen LogP contribution is 2.16. The van der Waals surface area contributed by atoms with Gasteiger partial charge in [-0.25, -0.2) is 0 Å². The van der Waals surface area contributed by atoms with Gasteiger partial charge in [-0.3, -0.25) is 14.7 Å². The number of halogens is 1. The zero-order valence-corrected chi connectivity index (χ0v) is 19.1. The van der Waals surface area contributed by atoms with Gasteiger partial charge in [0.15, 0.2) is 5.96 Å². The normalized spacial score (nSPS) is 18.4. The Morgan fingerprint density at radius 3 is 2.44 bits per heavy atom. The summed E-state index contributed by atoms with van der Waals surface area (Å²) < 4.78 is 0. The Hall–Kier alpha value is -0.570. The third kappa shape index (κ3) is 8.11. The average molecular weight is 467 g/mol. The van der Waals surface area contributed by atoms with Crippen LogP contribution in [0.3, 0.4) is 0 Å². The van der Waals surface area contributed by atoms with Crippen molar-refractivity contribution in [3.8, 4) is 0 Å². The minimum Gasteiger partial charge on any atom is -0.357 e. The van der Waals surface area contributed by atoms with Gasteiger partial charge in [0.25, 0.3) is 0 Å². The molecule has 1 amide bonds. The maximum atomic E-state index is 12.3. The molecule has 1 saturated heterocycles. The molecular formula is C18H38IN5O. The van der Waals surface area contributed by atoms with Crippen molar-refractivity contribution in [3.63, 3.8) is 0 Å². The second kappa shape index (κ2) is 13.6. The van der Waals surface area contributed by atoms with E-state index in [-0.39, 0.29) is 29.9 Å². The Balaban J connectivity index is 0.00000576. The highest BCUT2D eigenvalue weighted by molar-refractivity contribution is 14.0. The molecule has 1 fully saturated rings. The number of hydrogen-bond acceptors (Lipinski definition) is 3. The van der Waals surface area contributed by atoms with E-state index in [1.54, 1.807) is 0 Å². The van der Waals surface area contributed by atoms with E-state index in [2.05, 4.69) is 24.1 Å². The lowest BCUT2D eigenvalue weighted by atomic mass is 10.0. The van der Waals surface area contributed by atoms with Gasteiger partial charge >= 0.3 is 0 Å². The average Bonchev–Trinajstić information content (AvgIpc) is 2.59. The van der Waals surface area contributed by atoms with E-state index >= 15 is 0 Å². The summed E-state index contributed by atoms with van der Waals surface area (Å²) in [5, 5.41) is 3.32. The minimum absolute atomic E-state index is 0. The van der Waals surface area contributed by atoms with Crippen LogP contribution in [0.15, 0.2) is 4.99 Å². The number of nitrogens with zero attached hydrogens (tertiary/aromatic N) is 4. The van der Waals surface area contributed by atoms with Crippen molar-refractivity contribution in [3.05, 3.63) is 0 Å². The van der Waals surface area contributed by atoms with Crippen molar-refractivity contribution >= 4 is 35.8 Å². The molecule has 0 saturated carbocycles. The fourth-order valence-corrected chi connectivity index (χ4v) is 3.30. The first-order valence-electron chi connectivity index (χ1n) is 9.58. The van der Waals surface area contributed by atoms with E-state index < -0.39 is 0 Å². The molecule has 0 aliphatic carbocycles. The van der Waals surface area contributed by atoms with Crippen LogP contribution in [0.1, 0.15) is 47.0 Å². The SMILES string of the molecule is CCNC(=NCC1CCCCN1CC)N(C)CC(=O)N(CC)CC.I. The number of rotatable bonds is 8. The molecule has 7 heteroatoms. The molecule has 1 unspecified atom stereocenters. The molecule has 1 atom stereocenters. The van der Waals surface area contributed by atoms with Gasteiger partial charge in [-0.05, 0) is 46.7 Å². The molecule has 0 radical (unpaired) electrons. The van der Waals surface area contributed by atoms with E-state index in [4.69, 9.17) is 4.99 Å². The van der Waals surface area contributed by atoms with E-state index in [1.165, 1.54) is 25.8 Å². The molecule has 0 bridgehead atoms. The van der Waals surface area contributed by atoms with Gasteiger partial charge < -0.3 is 15.1 Å². The number of hydrogen-bond donors (Lipinski definition) is 1. The fraction of sp³-hybridized carbons (Fsp3) is 0.889. The lowest BCUT2D eigenvalue weighted by Crippen LogP contribution is -2.47. The summed E-state index contributed by atoms with van der Waals surface area (Å²) in [5.74, 6) is 0.987. The molecule has 1 rings (SSSR count). The number of carbonyl (C=O) groups excluding carboxylic acids is 1. The Bertz CT molecular complexity index is 401. The van der Waals surface area contributed by atoms with Crippen LogP contribution in [0.4, 0.5) is 0 Å². The van der Waals surface area contributed by atoms with E-state index in [1.807, 2.05) is 30.7 Å². The maximum absolute atomic E-state index is 12.3. The van der Waals surface area contributed by atoms with Crippen molar-refractivity contribution in [2.45, 2.75) is 53.0 Å². The van der Waals surface area contributed by atoms with Crippen molar-refractivity contribution < 1.29 is 4.79 Å². The molecule has 1 aliphatic heterocycles. The van der Waals surface area contributed by atoms with Crippen LogP contribution in [-0.2, 0) is 4.79 Å². The standard InChI is InChI=1S/C18H37N5O.HI/c1-6-19-18(21(5)15-17(24)22(7-2)8-3)20-14-16-12-10-11-13-23(16)9-4;/h16H,6-15H2,1-5H3,(H,19,20);1H. The highest BCUT2D eigenvalue weighted by Gasteiger charge is 2.21. The molecule has 1 aliphatic rings. The van der Waals surface area contributed by atoms with Gasteiger partial charge in [-0.15, -0.1) is 24.0 Å². The van der Waals surface area contributed by atoms with Gasteiger partial charge in [0.05, 0.1) is 13.1 Å². The summed E-state index contributed by atoms with van der Waals surface area (Å²) in [6.07, 6.45) is 3.81. The first kappa shape index (κ1) is 24.4. The van der Waals surface area contributed by atoms with Gasteiger partial charge in [-0.2, -0.15) is 0 Å². The Morgan fingerprint density at radius 2 is 1.88 bits per heavy atom. The molecule has 0 spiro atoms. The number of aliphatic imine (C=N–C) groups is 1. The van der Waals surface area contributed by atoms with Gasteiger partial charge in [0, 0.05) is 32.7 Å². The van der Waals surface area contributed by atoms with E-state index in [9.17, 15) is 4.79 Å². The maximum Gasteiger partial charge on any atom is 0.242 e. The summed E-state index contributed by atoms with van der Waals surface area (Å²) >= 11 is 0. The predicted molar refractivity (Wildman–Crippen MR) is 117 cm³/mol.